The zero-order valence-electron chi connectivity index (χ0n) is 11.8. The van der Waals surface area contributed by atoms with Gasteiger partial charge in [0.25, 0.3) is 0 Å². The highest BCUT2D eigenvalue weighted by Gasteiger charge is 2.35. The molecule has 2 atom stereocenters. The van der Waals surface area contributed by atoms with Gasteiger partial charge in [-0.05, 0) is 20.8 Å². The van der Waals surface area contributed by atoms with Gasteiger partial charge in [-0.25, -0.2) is 0 Å². The summed E-state index contributed by atoms with van der Waals surface area (Å²) in [7, 11) is 1.96. The highest BCUT2D eigenvalue weighted by atomic mass is 16.5. The van der Waals surface area contributed by atoms with Crippen LogP contribution in [0.15, 0.2) is 6.20 Å². The Balaban J connectivity index is 2.36. The third kappa shape index (κ3) is 2.43. The number of nitrogens with zero attached hydrogens (tertiary/aromatic N) is 3. The zero-order valence-corrected chi connectivity index (χ0v) is 11.8. The lowest BCUT2D eigenvalue weighted by atomic mass is 9.97. The smallest absolute Gasteiger partial charge is 0.0895 e. The maximum absolute atomic E-state index is 5.87. The summed E-state index contributed by atoms with van der Waals surface area (Å²) in [5.41, 5.74) is 8.18. The lowest BCUT2D eigenvalue weighted by Crippen LogP contribution is -2.50. The molecule has 1 aliphatic rings. The maximum atomic E-state index is 5.87. The molecule has 2 unspecified atom stereocenters. The minimum atomic E-state index is 0.0593. The van der Waals surface area contributed by atoms with Crippen molar-refractivity contribution in [2.24, 2.45) is 12.8 Å². The largest absolute Gasteiger partial charge is 0.374 e. The minimum absolute atomic E-state index is 0.0593. The zero-order chi connectivity index (χ0) is 13.3. The van der Waals surface area contributed by atoms with Crippen LogP contribution in [0.4, 0.5) is 0 Å². The van der Waals surface area contributed by atoms with Crippen LogP contribution in [0.5, 0.6) is 0 Å². The van der Waals surface area contributed by atoms with Crippen LogP contribution in [-0.4, -0.2) is 46.5 Å². The predicted octanol–water partition coefficient (Wildman–Crippen LogP) is 0.838. The van der Waals surface area contributed by atoms with E-state index in [9.17, 15) is 0 Å². The van der Waals surface area contributed by atoms with E-state index >= 15 is 0 Å². The molecular weight excluding hydrogens is 228 g/mol. The highest BCUT2D eigenvalue weighted by molar-refractivity contribution is 5.22. The molecule has 2 heterocycles. The molecule has 0 saturated carbocycles. The van der Waals surface area contributed by atoms with Gasteiger partial charge in [0.2, 0.25) is 0 Å². The average molecular weight is 252 g/mol. The molecule has 0 bridgehead atoms. The van der Waals surface area contributed by atoms with E-state index in [0.717, 1.165) is 18.8 Å². The Morgan fingerprint density at radius 2 is 2.28 bits per heavy atom. The van der Waals surface area contributed by atoms with Crippen molar-refractivity contribution >= 4 is 0 Å². The second-order valence-electron chi connectivity index (χ2n) is 5.26. The van der Waals surface area contributed by atoms with Gasteiger partial charge in [-0.15, -0.1) is 0 Å². The highest BCUT2D eigenvalue weighted by Crippen LogP contribution is 2.32. The van der Waals surface area contributed by atoms with E-state index in [2.05, 4.69) is 37.0 Å². The van der Waals surface area contributed by atoms with Crippen molar-refractivity contribution in [2.75, 3.05) is 19.7 Å². The van der Waals surface area contributed by atoms with E-state index in [0.29, 0.717) is 12.6 Å². The summed E-state index contributed by atoms with van der Waals surface area (Å²) in [6.45, 7) is 8.75. The van der Waals surface area contributed by atoms with Crippen LogP contribution < -0.4 is 5.73 Å². The Kier molecular flexibility index (Phi) is 4.04. The number of ether oxygens (including phenoxy) is 1. The summed E-state index contributed by atoms with van der Waals surface area (Å²) in [6.07, 6.45) is 2.15. The number of aromatic nitrogens is 2. The first-order chi connectivity index (χ1) is 8.54. The molecule has 0 aromatic carbocycles. The summed E-state index contributed by atoms with van der Waals surface area (Å²) in [5, 5.41) is 4.44. The minimum Gasteiger partial charge on any atom is -0.374 e. The van der Waals surface area contributed by atoms with Gasteiger partial charge in [0.15, 0.2) is 0 Å². The molecule has 1 saturated heterocycles. The van der Waals surface area contributed by atoms with Crippen molar-refractivity contribution in [3.8, 4) is 0 Å². The van der Waals surface area contributed by atoms with E-state index in [4.69, 9.17) is 10.5 Å². The number of morpholine rings is 1. The quantitative estimate of drug-likeness (QED) is 0.866. The summed E-state index contributed by atoms with van der Waals surface area (Å²) >= 11 is 0. The molecule has 1 aromatic rings. The van der Waals surface area contributed by atoms with Crippen LogP contribution in [0.1, 0.15) is 31.1 Å². The third-order valence-electron chi connectivity index (χ3n) is 3.66. The Hall–Kier alpha value is -0.910. The Bertz CT molecular complexity index is 402. The van der Waals surface area contributed by atoms with Crippen LogP contribution in [0.2, 0.25) is 0 Å². The van der Waals surface area contributed by atoms with Crippen molar-refractivity contribution in [1.82, 2.24) is 14.7 Å². The number of aryl methyl sites for hydroxylation is 2. The van der Waals surface area contributed by atoms with Crippen molar-refractivity contribution in [2.45, 2.75) is 39.0 Å². The Morgan fingerprint density at radius 1 is 1.56 bits per heavy atom. The van der Waals surface area contributed by atoms with Gasteiger partial charge in [-0.2, -0.15) is 5.10 Å². The fourth-order valence-electron chi connectivity index (χ4n) is 2.82. The summed E-state index contributed by atoms with van der Waals surface area (Å²) in [6, 6.07) is 0.699. The van der Waals surface area contributed by atoms with Gasteiger partial charge < -0.3 is 10.5 Å². The molecule has 2 rings (SSSR count). The monoisotopic (exact) mass is 252 g/mol. The van der Waals surface area contributed by atoms with E-state index < -0.39 is 0 Å². The van der Waals surface area contributed by atoms with E-state index in [1.54, 1.807) is 0 Å². The summed E-state index contributed by atoms with van der Waals surface area (Å²) in [5.74, 6) is 0. The van der Waals surface area contributed by atoms with Gasteiger partial charge in [0, 0.05) is 37.9 Å². The average Bonchev–Trinajstić information content (AvgIpc) is 2.67. The summed E-state index contributed by atoms with van der Waals surface area (Å²) < 4.78 is 7.70. The first-order valence-electron chi connectivity index (χ1n) is 6.62. The van der Waals surface area contributed by atoms with Gasteiger partial charge >= 0.3 is 0 Å². The topological polar surface area (TPSA) is 56.3 Å². The van der Waals surface area contributed by atoms with Gasteiger partial charge in [-0.3, -0.25) is 9.58 Å². The number of rotatable bonds is 3. The van der Waals surface area contributed by atoms with Crippen molar-refractivity contribution in [1.29, 1.82) is 0 Å². The molecule has 5 nitrogen and oxygen atoms in total. The molecule has 102 valence electrons. The van der Waals surface area contributed by atoms with Crippen molar-refractivity contribution in [3.05, 3.63) is 17.5 Å². The van der Waals surface area contributed by atoms with E-state index in [1.807, 2.05) is 11.7 Å². The molecule has 18 heavy (non-hydrogen) atoms. The van der Waals surface area contributed by atoms with Crippen LogP contribution >= 0.6 is 0 Å². The standard InChI is InChI=1S/C13H24N4O/c1-9(2)17-5-6-18-12(7-14)13(17)11-8-16(4)15-10(11)3/h8-9,12-13H,5-7,14H2,1-4H3. The molecule has 0 spiro atoms. The fourth-order valence-corrected chi connectivity index (χ4v) is 2.82. The predicted molar refractivity (Wildman–Crippen MR) is 71.3 cm³/mol. The second kappa shape index (κ2) is 5.38. The van der Waals surface area contributed by atoms with Gasteiger partial charge in [0.1, 0.15) is 0 Å². The van der Waals surface area contributed by atoms with Crippen LogP contribution in [0.3, 0.4) is 0 Å². The van der Waals surface area contributed by atoms with Crippen molar-refractivity contribution in [3.63, 3.8) is 0 Å². The number of hydrogen-bond acceptors (Lipinski definition) is 4. The van der Waals surface area contributed by atoms with E-state index in [1.165, 1.54) is 5.56 Å². The molecule has 0 aliphatic carbocycles. The molecule has 0 radical (unpaired) electrons. The second-order valence-corrected chi connectivity index (χ2v) is 5.26. The molecule has 0 amide bonds. The molecule has 1 aromatic heterocycles. The van der Waals surface area contributed by atoms with Gasteiger partial charge in [0.05, 0.1) is 24.4 Å². The van der Waals surface area contributed by atoms with Crippen LogP contribution in [-0.2, 0) is 11.8 Å². The maximum Gasteiger partial charge on any atom is 0.0895 e. The van der Waals surface area contributed by atoms with Gasteiger partial charge in [-0.1, -0.05) is 0 Å². The first kappa shape index (κ1) is 13.5. The Morgan fingerprint density at radius 3 is 2.78 bits per heavy atom. The molecule has 5 heteroatoms. The molecule has 1 aliphatic heterocycles. The third-order valence-corrected chi connectivity index (χ3v) is 3.66. The van der Waals surface area contributed by atoms with Crippen LogP contribution in [0.25, 0.3) is 0 Å². The lowest BCUT2D eigenvalue weighted by Gasteiger charge is -2.43. The van der Waals surface area contributed by atoms with Crippen LogP contribution in [0, 0.1) is 6.92 Å². The SMILES string of the molecule is Cc1nn(C)cc1C1C(CN)OCCN1C(C)C. The number of nitrogens with two attached hydrogens (primary N) is 1. The summed E-state index contributed by atoms with van der Waals surface area (Å²) in [4.78, 5) is 2.46. The molecule has 2 N–H and O–H groups in total. The first-order valence-corrected chi connectivity index (χ1v) is 6.62. The normalized spacial score (nSPS) is 25.9. The lowest BCUT2D eigenvalue weighted by molar-refractivity contribution is -0.0791. The van der Waals surface area contributed by atoms with E-state index in [-0.39, 0.29) is 12.1 Å². The molecule has 1 fully saturated rings. The fraction of sp³-hybridized carbons (Fsp3) is 0.769. The Labute approximate surface area is 109 Å². The molecular formula is C13H24N4O. The number of hydrogen-bond donors (Lipinski definition) is 1. The van der Waals surface area contributed by atoms with Crippen molar-refractivity contribution < 1.29 is 4.74 Å².